The molecule has 3 aliphatic heterocycles. The predicted octanol–water partition coefficient (Wildman–Crippen LogP) is 5.32. The molecule has 3 aromatic carbocycles. The first-order valence-electron chi connectivity index (χ1n) is 12.0. The van der Waals surface area contributed by atoms with E-state index in [2.05, 4.69) is 0 Å². The number of ketones is 1. The van der Waals surface area contributed by atoms with Gasteiger partial charge in [0, 0.05) is 23.7 Å². The van der Waals surface area contributed by atoms with Gasteiger partial charge in [-0.1, -0.05) is 47.5 Å². The Balaban J connectivity index is 1.45. The Kier molecular flexibility index (Phi) is 5.85. The predicted molar refractivity (Wildman–Crippen MR) is 142 cm³/mol. The number of amides is 2. The number of carbonyl (C=O) groups excluding carboxylic acids is 4. The minimum Gasteiger partial charge on any atom is -0.427 e. The van der Waals surface area contributed by atoms with Gasteiger partial charge in [-0.2, -0.15) is 0 Å². The highest BCUT2D eigenvalue weighted by Crippen LogP contribution is 2.54. The van der Waals surface area contributed by atoms with Crippen LogP contribution in [0.2, 0.25) is 10.0 Å². The summed E-state index contributed by atoms with van der Waals surface area (Å²) in [6, 6.07) is 16.9. The number of fused-ring (bicyclic) bond motifs is 5. The van der Waals surface area contributed by atoms with Crippen LogP contribution in [0.25, 0.3) is 6.08 Å². The molecule has 3 aromatic rings. The molecule has 0 aliphatic carbocycles. The summed E-state index contributed by atoms with van der Waals surface area (Å²) in [7, 11) is 0. The number of rotatable bonds is 4. The molecular weight excluding hydrogens is 527 g/mol. The number of halogens is 2. The lowest BCUT2D eigenvalue weighted by molar-refractivity contribution is -0.132. The van der Waals surface area contributed by atoms with Crippen molar-refractivity contribution in [2.24, 2.45) is 11.8 Å². The zero-order chi connectivity index (χ0) is 26.7. The molecule has 6 rings (SSSR count). The Morgan fingerprint density at radius 1 is 0.895 bits per heavy atom. The summed E-state index contributed by atoms with van der Waals surface area (Å²) in [6.07, 6.45) is 3.67. The second-order valence-corrected chi connectivity index (χ2v) is 10.3. The van der Waals surface area contributed by atoms with Gasteiger partial charge in [-0.25, -0.2) is 4.90 Å². The molecule has 0 saturated carbocycles. The Morgan fingerprint density at radius 2 is 1.61 bits per heavy atom. The van der Waals surface area contributed by atoms with Crippen LogP contribution < -0.4 is 9.64 Å². The van der Waals surface area contributed by atoms with Gasteiger partial charge >= 0.3 is 5.97 Å². The van der Waals surface area contributed by atoms with Crippen LogP contribution in [0.5, 0.6) is 5.75 Å². The van der Waals surface area contributed by atoms with E-state index in [9.17, 15) is 19.2 Å². The normalized spacial score (nSPS) is 23.2. The van der Waals surface area contributed by atoms with E-state index in [4.69, 9.17) is 27.9 Å². The first-order valence-corrected chi connectivity index (χ1v) is 12.7. The maximum atomic E-state index is 14.0. The number of hydrogen-bond acceptors (Lipinski definition) is 6. The smallest absolute Gasteiger partial charge is 0.308 e. The molecule has 38 heavy (non-hydrogen) atoms. The van der Waals surface area contributed by atoms with Gasteiger partial charge in [-0.3, -0.25) is 19.2 Å². The van der Waals surface area contributed by atoms with Crippen molar-refractivity contribution in [1.29, 1.82) is 0 Å². The molecule has 0 aromatic heterocycles. The molecule has 0 bridgehead atoms. The minimum absolute atomic E-state index is 0.179. The number of Topliss-reactive ketones (excluding diaryl/α,β-unsaturated/α-hetero) is 1. The summed E-state index contributed by atoms with van der Waals surface area (Å²) in [5, 5.41) is 0.564. The number of anilines is 1. The first-order chi connectivity index (χ1) is 18.3. The number of esters is 1. The SMILES string of the molecule is CC(=O)Oc1ccc(N2C(=O)[C@@H]3[C@H](C2=O)[C@@H]2c4ccccc4C=CN2[C@H]3C(=O)c2ccc(Cl)cc2Cl)cc1. The molecule has 2 fully saturated rings. The van der Waals surface area contributed by atoms with E-state index in [1.165, 1.54) is 25.1 Å². The highest BCUT2D eigenvalue weighted by Gasteiger charge is 2.64. The summed E-state index contributed by atoms with van der Waals surface area (Å²) < 4.78 is 5.08. The topological polar surface area (TPSA) is 84.0 Å². The van der Waals surface area contributed by atoms with Crippen LogP contribution in [0.1, 0.15) is 34.5 Å². The maximum absolute atomic E-state index is 14.0. The summed E-state index contributed by atoms with van der Waals surface area (Å²) >= 11 is 12.5. The van der Waals surface area contributed by atoms with E-state index < -0.39 is 41.7 Å². The molecule has 3 aliphatic rings. The van der Waals surface area contributed by atoms with Crippen LogP contribution >= 0.6 is 23.2 Å². The largest absolute Gasteiger partial charge is 0.427 e. The van der Waals surface area contributed by atoms with Crippen molar-refractivity contribution in [2.75, 3.05) is 4.90 Å². The fourth-order valence-corrected chi connectivity index (χ4v) is 6.29. The van der Waals surface area contributed by atoms with Crippen molar-refractivity contribution in [2.45, 2.75) is 19.0 Å². The highest BCUT2D eigenvalue weighted by atomic mass is 35.5. The molecule has 0 spiro atoms. The fourth-order valence-electron chi connectivity index (χ4n) is 5.79. The van der Waals surface area contributed by atoms with Crippen LogP contribution in [0.3, 0.4) is 0 Å². The standard InChI is InChI=1S/C29H20Cl2N2O5/c1-15(34)38-19-9-7-18(8-10-19)33-28(36)23-24(29(33)37)26(27(35)21-11-6-17(30)14-22(21)31)32-13-12-16-4-2-3-5-20(16)25(23)32/h2-14,23-26H,1H3/t23-,24+,25-,26+/m0/s1. The lowest BCUT2D eigenvalue weighted by atomic mass is 9.83. The Hall–Kier alpha value is -3.94. The number of carbonyl (C=O) groups is 4. The Bertz CT molecular complexity index is 1550. The lowest BCUT2D eigenvalue weighted by Gasteiger charge is -2.35. The van der Waals surface area contributed by atoms with Crippen molar-refractivity contribution in [3.05, 3.63) is 99.7 Å². The second kappa shape index (κ2) is 9.11. The van der Waals surface area contributed by atoms with Gasteiger partial charge in [-0.15, -0.1) is 0 Å². The molecule has 9 heteroatoms. The molecule has 4 atom stereocenters. The van der Waals surface area contributed by atoms with Gasteiger partial charge < -0.3 is 9.64 Å². The quantitative estimate of drug-likeness (QED) is 0.190. The third kappa shape index (κ3) is 3.73. The summed E-state index contributed by atoms with van der Waals surface area (Å²) in [4.78, 5) is 56.2. The average Bonchev–Trinajstić information content (AvgIpc) is 3.36. The second-order valence-electron chi connectivity index (χ2n) is 9.42. The third-order valence-corrected chi connectivity index (χ3v) is 7.83. The zero-order valence-electron chi connectivity index (χ0n) is 20.0. The van der Waals surface area contributed by atoms with Crippen molar-refractivity contribution < 1.29 is 23.9 Å². The minimum atomic E-state index is -0.949. The van der Waals surface area contributed by atoms with E-state index >= 15 is 0 Å². The van der Waals surface area contributed by atoms with Gasteiger partial charge in [-0.05, 0) is 59.7 Å². The summed E-state index contributed by atoms with van der Waals surface area (Å²) in [5.74, 6) is -3.13. The Labute approximate surface area is 228 Å². The molecule has 2 saturated heterocycles. The number of imide groups is 1. The van der Waals surface area contributed by atoms with Crippen molar-refractivity contribution in [3.8, 4) is 5.75 Å². The number of nitrogens with zero attached hydrogens (tertiary/aromatic N) is 2. The van der Waals surface area contributed by atoms with Crippen LogP contribution in [-0.2, 0) is 14.4 Å². The first kappa shape index (κ1) is 24.4. The van der Waals surface area contributed by atoms with Gasteiger partial charge in [0.2, 0.25) is 11.8 Å². The van der Waals surface area contributed by atoms with E-state index in [0.717, 1.165) is 16.0 Å². The monoisotopic (exact) mass is 546 g/mol. The van der Waals surface area contributed by atoms with Crippen LogP contribution in [-0.4, -0.2) is 34.5 Å². The van der Waals surface area contributed by atoms with E-state index in [-0.39, 0.29) is 16.4 Å². The Morgan fingerprint density at radius 3 is 2.32 bits per heavy atom. The third-order valence-electron chi connectivity index (χ3n) is 7.28. The molecule has 2 amide bonds. The molecule has 3 heterocycles. The van der Waals surface area contributed by atoms with E-state index in [1.54, 1.807) is 30.5 Å². The van der Waals surface area contributed by atoms with Crippen molar-refractivity contribution in [3.63, 3.8) is 0 Å². The molecule has 0 unspecified atom stereocenters. The van der Waals surface area contributed by atoms with Gasteiger partial charge in [0.05, 0.1) is 28.6 Å². The molecule has 0 N–H and O–H groups in total. The van der Waals surface area contributed by atoms with Crippen LogP contribution in [0.4, 0.5) is 5.69 Å². The fraction of sp³-hybridized carbons (Fsp3) is 0.172. The highest BCUT2D eigenvalue weighted by molar-refractivity contribution is 6.37. The van der Waals surface area contributed by atoms with Crippen molar-refractivity contribution in [1.82, 2.24) is 4.90 Å². The zero-order valence-corrected chi connectivity index (χ0v) is 21.5. The molecule has 0 radical (unpaired) electrons. The van der Waals surface area contributed by atoms with E-state index in [0.29, 0.717) is 16.5 Å². The number of ether oxygens (including phenoxy) is 1. The molecule has 7 nitrogen and oxygen atoms in total. The molecular formula is C29H20Cl2N2O5. The van der Waals surface area contributed by atoms with Gasteiger partial charge in [0.15, 0.2) is 5.78 Å². The number of benzene rings is 3. The van der Waals surface area contributed by atoms with Gasteiger partial charge in [0.1, 0.15) is 11.8 Å². The summed E-state index contributed by atoms with van der Waals surface area (Å²) in [5.41, 5.74) is 2.37. The van der Waals surface area contributed by atoms with Crippen LogP contribution in [0.15, 0.2) is 72.9 Å². The lowest BCUT2D eigenvalue weighted by Crippen LogP contribution is -2.44. The summed E-state index contributed by atoms with van der Waals surface area (Å²) in [6.45, 7) is 1.29. The van der Waals surface area contributed by atoms with Crippen LogP contribution in [0, 0.1) is 11.8 Å². The number of hydrogen-bond donors (Lipinski definition) is 0. The van der Waals surface area contributed by atoms with Crippen molar-refractivity contribution >= 4 is 58.5 Å². The molecule has 190 valence electrons. The average molecular weight is 547 g/mol. The van der Waals surface area contributed by atoms with E-state index in [1.807, 2.05) is 35.2 Å². The maximum Gasteiger partial charge on any atom is 0.308 e. The van der Waals surface area contributed by atoms with Gasteiger partial charge in [0.25, 0.3) is 0 Å².